The van der Waals surface area contributed by atoms with Crippen molar-refractivity contribution in [3.8, 4) is 0 Å². The SMILES string of the molecule is COC1(c2ccccc2)CCCCC1N=[N+]=[N-]. The number of nitrogens with zero attached hydrogens (tertiary/aromatic N) is 3. The Morgan fingerprint density at radius 3 is 2.76 bits per heavy atom. The molecular weight excluding hydrogens is 214 g/mol. The van der Waals surface area contributed by atoms with Crippen LogP contribution in [-0.4, -0.2) is 13.2 Å². The van der Waals surface area contributed by atoms with Gasteiger partial charge in [0.2, 0.25) is 0 Å². The molecule has 0 bridgehead atoms. The minimum absolute atomic E-state index is 0.103. The lowest BCUT2D eigenvalue weighted by Crippen LogP contribution is -2.42. The van der Waals surface area contributed by atoms with Crippen molar-refractivity contribution >= 4 is 0 Å². The molecule has 0 radical (unpaired) electrons. The van der Waals surface area contributed by atoms with Crippen LogP contribution >= 0.6 is 0 Å². The van der Waals surface area contributed by atoms with Gasteiger partial charge in [-0.3, -0.25) is 0 Å². The van der Waals surface area contributed by atoms with E-state index in [1.54, 1.807) is 7.11 Å². The van der Waals surface area contributed by atoms with Gasteiger partial charge in [-0.1, -0.05) is 48.3 Å². The van der Waals surface area contributed by atoms with Gasteiger partial charge in [0.25, 0.3) is 0 Å². The largest absolute Gasteiger partial charge is 0.373 e. The van der Waals surface area contributed by atoms with Gasteiger partial charge in [-0.25, -0.2) is 0 Å². The maximum Gasteiger partial charge on any atom is 0.101 e. The molecule has 1 saturated carbocycles. The second-order valence-corrected chi connectivity index (χ2v) is 4.43. The summed E-state index contributed by atoms with van der Waals surface area (Å²) in [5, 5.41) is 3.94. The lowest BCUT2D eigenvalue weighted by atomic mass is 9.76. The van der Waals surface area contributed by atoms with Crippen LogP contribution < -0.4 is 0 Å². The van der Waals surface area contributed by atoms with Crippen molar-refractivity contribution < 1.29 is 4.74 Å². The number of ether oxygens (including phenoxy) is 1. The van der Waals surface area contributed by atoms with Crippen LogP contribution in [-0.2, 0) is 10.3 Å². The van der Waals surface area contributed by atoms with Gasteiger partial charge in [0, 0.05) is 12.0 Å². The highest BCUT2D eigenvalue weighted by Gasteiger charge is 2.41. The average Bonchev–Trinajstić information content (AvgIpc) is 2.41. The monoisotopic (exact) mass is 231 g/mol. The van der Waals surface area contributed by atoms with Crippen LogP contribution in [0.2, 0.25) is 0 Å². The van der Waals surface area contributed by atoms with E-state index in [1.165, 1.54) is 0 Å². The summed E-state index contributed by atoms with van der Waals surface area (Å²) < 4.78 is 5.77. The molecule has 17 heavy (non-hydrogen) atoms. The number of methoxy groups -OCH3 is 1. The third-order valence-corrected chi connectivity index (χ3v) is 3.63. The normalized spacial score (nSPS) is 28.4. The number of benzene rings is 1. The van der Waals surface area contributed by atoms with Crippen molar-refractivity contribution in [2.75, 3.05) is 7.11 Å². The van der Waals surface area contributed by atoms with E-state index in [0.29, 0.717) is 0 Å². The van der Waals surface area contributed by atoms with E-state index in [-0.39, 0.29) is 6.04 Å². The maximum absolute atomic E-state index is 8.70. The van der Waals surface area contributed by atoms with Crippen molar-refractivity contribution in [3.05, 3.63) is 46.3 Å². The summed E-state index contributed by atoms with van der Waals surface area (Å²) >= 11 is 0. The Morgan fingerprint density at radius 1 is 1.35 bits per heavy atom. The summed E-state index contributed by atoms with van der Waals surface area (Å²) in [6.45, 7) is 0. The second kappa shape index (κ2) is 5.21. The van der Waals surface area contributed by atoms with Crippen LogP contribution in [0.5, 0.6) is 0 Å². The van der Waals surface area contributed by atoms with Gasteiger partial charge in [0.15, 0.2) is 0 Å². The molecule has 4 heteroatoms. The Hall–Kier alpha value is -1.51. The van der Waals surface area contributed by atoms with E-state index in [9.17, 15) is 0 Å². The summed E-state index contributed by atoms with van der Waals surface area (Å²) in [5.41, 5.74) is 9.37. The van der Waals surface area contributed by atoms with Crippen LogP contribution in [0.4, 0.5) is 0 Å². The fourth-order valence-corrected chi connectivity index (χ4v) is 2.75. The number of rotatable bonds is 3. The molecule has 2 unspecified atom stereocenters. The van der Waals surface area contributed by atoms with Gasteiger partial charge in [-0.15, -0.1) is 0 Å². The van der Waals surface area contributed by atoms with Gasteiger partial charge < -0.3 is 4.74 Å². The lowest BCUT2D eigenvalue weighted by Gasteiger charge is -2.41. The zero-order chi connectivity index (χ0) is 12.1. The Kier molecular flexibility index (Phi) is 3.67. The molecule has 0 spiro atoms. The molecule has 1 aromatic rings. The quantitative estimate of drug-likeness (QED) is 0.443. The smallest absolute Gasteiger partial charge is 0.101 e. The molecule has 4 nitrogen and oxygen atoms in total. The molecule has 0 saturated heterocycles. The maximum atomic E-state index is 8.70. The zero-order valence-electron chi connectivity index (χ0n) is 10.0. The van der Waals surface area contributed by atoms with E-state index in [0.717, 1.165) is 31.2 Å². The topological polar surface area (TPSA) is 58.0 Å². The number of hydrogen-bond acceptors (Lipinski definition) is 2. The van der Waals surface area contributed by atoms with Crippen LogP contribution in [0.1, 0.15) is 31.2 Å². The predicted molar refractivity (Wildman–Crippen MR) is 66.5 cm³/mol. The Labute approximate surface area is 101 Å². The van der Waals surface area contributed by atoms with E-state index in [4.69, 9.17) is 10.3 Å². The molecular formula is C13H17N3O. The first-order valence-corrected chi connectivity index (χ1v) is 5.98. The minimum Gasteiger partial charge on any atom is -0.373 e. The first-order valence-electron chi connectivity index (χ1n) is 5.98. The third kappa shape index (κ3) is 2.14. The molecule has 1 aromatic carbocycles. The molecule has 2 atom stereocenters. The molecule has 0 aliphatic heterocycles. The highest BCUT2D eigenvalue weighted by atomic mass is 16.5. The summed E-state index contributed by atoms with van der Waals surface area (Å²) in [4.78, 5) is 2.97. The third-order valence-electron chi connectivity index (χ3n) is 3.63. The Morgan fingerprint density at radius 2 is 2.12 bits per heavy atom. The summed E-state index contributed by atoms with van der Waals surface area (Å²) in [6.07, 6.45) is 4.02. The van der Waals surface area contributed by atoms with E-state index in [2.05, 4.69) is 22.2 Å². The van der Waals surface area contributed by atoms with Gasteiger partial charge in [-0.05, 0) is 23.9 Å². The van der Waals surface area contributed by atoms with Crippen LogP contribution in [0, 0.1) is 0 Å². The van der Waals surface area contributed by atoms with Crippen molar-refractivity contribution in [1.82, 2.24) is 0 Å². The molecule has 0 heterocycles. The van der Waals surface area contributed by atoms with E-state index < -0.39 is 5.60 Å². The van der Waals surface area contributed by atoms with Gasteiger partial charge in [0.05, 0.1) is 6.04 Å². The van der Waals surface area contributed by atoms with E-state index >= 15 is 0 Å². The molecule has 1 aliphatic rings. The second-order valence-electron chi connectivity index (χ2n) is 4.43. The molecule has 0 amide bonds. The van der Waals surface area contributed by atoms with Gasteiger partial charge in [0.1, 0.15) is 5.60 Å². The number of azide groups is 1. The fourth-order valence-electron chi connectivity index (χ4n) is 2.75. The van der Waals surface area contributed by atoms with Gasteiger partial charge >= 0.3 is 0 Å². The van der Waals surface area contributed by atoms with Crippen molar-refractivity contribution in [1.29, 1.82) is 0 Å². The first kappa shape index (κ1) is 12.0. The van der Waals surface area contributed by atoms with Gasteiger partial charge in [-0.2, -0.15) is 0 Å². The predicted octanol–water partition coefficient (Wildman–Crippen LogP) is 3.78. The van der Waals surface area contributed by atoms with Crippen LogP contribution in [0.25, 0.3) is 10.4 Å². The molecule has 1 aliphatic carbocycles. The van der Waals surface area contributed by atoms with E-state index in [1.807, 2.05) is 18.2 Å². The zero-order valence-corrected chi connectivity index (χ0v) is 10.0. The molecule has 0 N–H and O–H groups in total. The van der Waals surface area contributed by atoms with Crippen molar-refractivity contribution in [2.45, 2.75) is 37.3 Å². The fraction of sp³-hybridized carbons (Fsp3) is 0.538. The molecule has 1 fully saturated rings. The standard InChI is InChI=1S/C13H17N3O/c1-17-13(11-7-3-2-4-8-11)10-6-5-9-12(13)15-16-14/h2-4,7-8,12H,5-6,9-10H2,1H3. The lowest BCUT2D eigenvalue weighted by molar-refractivity contribution is -0.0595. The molecule has 2 rings (SSSR count). The van der Waals surface area contributed by atoms with Crippen molar-refractivity contribution in [2.24, 2.45) is 5.11 Å². The Balaban J connectivity index is 2.43. The highest BCUT2D eigenvalue weighted by Crippen LogP contribution is 2.41. The Bertz CT molecular complexity index is 414. The van der Waals surface area contributed by atoms with Crippen LogP contribution in [0.15, 0.2) is 35.4 Å². The number of hydrogen-bond donors (Lipinski definition) is 0. The molecule has 0 aromatic heterocycles. The van der Waals surface area contributed by atoms with Crippen LogP contribution in [0.3, 0.4) is 0 Å². The summed E-state index contributed by atoms with van der Waals surface area (Å²) in [6, 6.07) is 9.98. The average molecular weight is 231 g/mol. The first-order chi connectivity index (χ1) is 8.33. The molecule has 90 valence electrons. The highest BCUT2D eigenvalue weighted by molar-refractivity contribution is 5.26. The van der Waals surface area contributed by atoms with Crippen molar-refractivity contribution in [3.63, 3.8) is 0 Å². The minimum atomic E-state index is -0.439. The summed E-state index contributed by atoms with van der Waals surface area (Å²) in [7, 11) is 1.71. The summed E-state index contributed by atoms with van der Waals surface area (Å²) in [5.74, 6) is 0.